The van der Waals surface area contributed by atoms with E-state index in [1.807, 2.05) is 53.0 Å². The Morgan fingerprint density at radius 2 is 1.87 bits per heavy atom. The first-order valence-electron chi connectivity index (χ1n) is 13.7. The third-order valence-electron chi connectivity index (χ3n) is 7.44. The van der Waals surface area contributed by atoms with Crippen LogP contribution in [0.3, 0.4) is 0 Å². The Kier molecular flexibility index (Phi) is 8.72. The van der Waals surface area contributed by atoms with Crippen molar-refractivity contribution >= 4 is 33.0 Å². The number of nitrogens with zero attached hydrogens (tertiary/aromatic N) is 6. The molecule has 0 bridgehead atoms. The number of anilines is 1. The molecule has 1 aliphatic rings. The van der Waals surface area contributed by atoms with Crippen LogP contribution in [0.15, 0.2) is 61.1 Å². The minimum atomic E-state index is 0.134. The summed E-state index contributed by atoms with van der Waals surface area (Å²) in [5.74, 6) is 0.134. The van der Waals surface area contributed by atoms with E-state index in [0.29, 0.717) is 25.1 Å². The summed E-state index contributed by atoms with van der Waals surface area (Å²) in [5.41, 5.74) is 3.64. The van der Waals surface area contributed by atoms with Gasteiger partial charge >= 0.3 is 0 Å². The van der Waals surface area contributed by atoms with Gasteiger partial charge in [0.1, 0.15) is 0 Å². The van der Waals surface area contributed by atoms with Gasteiger partial charge in [0.05, 0.1) is 30.2 Å². The highest BCUT2D eigenvalue weighted by Gasteiger charge is 2.20. The molecule has 2 aromatic carbocycles. The predicted molar refractivity (Wildman–Crippen MR) is 158 cm³/mol. The monoisotopic (exact) mass is 540 g/mol. The van der Waals surface area contributed by atoms with E-state index in [1.165, 1.54) is 15.0 Å². The normalized spacial score (nSPS) is 14.5. The van der Waals surface area contributed by atoms with Gasteiger partial charge in [0.2, 0.25) is 5.91 Å². The molecule has 1 amide bonds. The van der Waals surface area contributed by atoms with Gasteiger partial charge in [-0.2, -0.15) is 5.26 Å². The van der Waals surface area contributed by atoms with Gasteiger partial charge in [0, 0.05) is 67.2 Å². The molecule has 0 radical (unpaired) electrons. The summed E-state index contributed by atoms with van der Waals surface area (Å²) < 4.78 is 3.34. The van der Waals surface area contributed by atoms with Gasteiger partial charge in [0.15, 0.2) is 0 Å². The molecule has 0 atom stereocenters. The molecule has 1 fully saturated rings. The highest BCUT2D eigenvalue weighted by atomic mass is 32.1. The van der Waals surface area contributed by atoms with Crippen molar-refractivity contribution < 1.29 is 4.79 Å². The number of aromatic nitrogens is 2. The quantitative estimate of drug-likeness (QED) is 0.266. The van der Waals surface area contributed by atoms with Gasteiger partial charge in [-0.05, 0) is 60.8 Å². The van der Waals surface area contributed by atoms with Crippen LogP contribution in [0.2, 0.25) is 0 Å². The van der Waals surface area contributed by atoms with Gasteiger partial charge in [-0.25, -0.2) is 4.98 Å². The SMILES string of the molecule is CCCCC(=O)N(Cc1cncn1Cc1ccc(C#N)cc1)c1ccc2sc(CN3CCN(C)CC3)cc2c1. The number of imidazole rings is 1. The number of benzene rings is 2. The summed E-state index contributed by atoms with van der Waals surface area (Å²) in [4.78, 5) is 26.1. The molecule has 1 saturated heterocycles. The first-order valence-corrected chi connectivity index (χ1v) is 14.6. The van der Waals surface area contributed by atoms with Crippen LogP contribution in [-0.2, 0) is 24.4 Å². The molecule has 4 aromatic rings. The lowest BCUT2D eigenvalue weighted by Crippen LogP contribution is -2.43. The fraction of sp³-hybridized carbons (Fsp3) is 0.387. The average molecular weight is 541 g/mol. The number of hydrogen-bond acceptors (Lipinski definition) is 6. The first kappa shape index (κ1) is 27.1. The van der Waals surface area contributed by atoms with Crippen LogP contribution in [0.1, 0.15) is 47.9 Å². The second-order valence-electron chi connectivity index (χ2n) is 10.4. The number of hydrogen-bond donors (Lipinski definition) is 0. The van der Waals surface area contributed by atoms with Crippen LogP contribution in [0.5, 0.6) is 0 Å². The molecule has 0 aliphatic carbocycles. The molecule has 3 heterocycles. The van der Waals surface area contributed by atoms with Crippen molar-refractivity contribution in [1.82, 2.24) is 19.4 Å². The number of piperazine rings is 1. The smallest absolute Gasteiger partial charge is 0.227 e. The molecule has 8 heteroatoms. The zero-order valence-electron chi connectivity index (χ0n) is 22.8. The maximum atomic E-state index is 13.5. The summed E-state index contributed by atoms with van der Waals surface area (Å²) in [6, 6.07) is 18.5. The average Bonchev–Trinajstić information content (AvgIpc) is 3.57. The number of rotatable bonds is 10. The summed E-state index contributed by atoms with van der Waals surface area (Å²) >= 11 is 1.85. The molecule has 0 unspecified atom stereocenters. The number of thiophene rings is 1. The second-order valence-corrected chi connectivity index (χ2v) is 11.6. The Bertz CT molecular complexity index is 1440. The minimum absolute atomic E-state index is 0.134. The maximum Gasteiger partial charge on any atom is 0.227 e. The fourth-order valence-electron chi connectivity index (χ4n) is 5.01. The summed E-state index contributed by atoms with van der Waals surface area (Å²) in [6.45, 7) is 8.63. The Labute approximate surface area is 234 Å². The molecule has 1 aliphatic heterocycles. The van der Waals surface area contributed by atoms with E-state index in [1.54, 1.807) is 0 Å². The zero-order chi connectivity index (χ0) is 27.2. The van der Waals surface area contributed by atoms with Crippen LogP contribution in [0, 0.1) is 11.3 Å². The van der Waals surface area contributed by atoms with Gasteiger partial charge in [-0.1, -0.05) is 25.5 Å². The topological polar surface area (TPSA) is 68.4 Å². The Morgan fingerprint density at radius 1 is 1.08 bits per heavy atom. The number of amides is 1. The lowest BCUT2D eigenvalue weighted by molar-refractivity contribution is -0.118. The van der Waals surface area contributed by atoms with Gasteiger partial charge in [0.25, 0.3) is 0 Å². The van der Waals surface area contributed by atoms with Crippen molar-refractivity contribution in [3.8, 4) is 6.07 Å². The third kappa shape index (κ3) is 6.74. The molecule has 2 aromatic heterocycles. The Balaban J connectivity index is 1.36. The molecule has 7 nitrogen and oxygen atoms in total. The highest BCUT2D eigenvalue weighted by Crippen LogP contribution is 2.31. The number of likely N-dealkylation sites (N-methyl/N-ethyl adjacent to an activating group) is 1. The number of carbonyl (C=O) groups excluding carboxylic acids is 1. The summed E-state index contributed by atoms with van der Waals surface area (Å²) in [7, 11) is 2.19. The van der Waals surface area contributed by atoms with Crippen LogP contribution in [0.4, 0.5) is 5.69 Å². The fourth-order valence-corrected chi connectivity index (χ4v) is 6.10. The Morgan fingerprint density at radius 3 is 2.62 bits per heavy atom. The van der Waals surface area contributed by atoms with E-state index >= 15 is 0 Å². The molecule has 39 heavy (non-hydrogen) atoms. The van der Waals surface area contributed by atoms with E-state index in [0.717, 1.165) is 62.5 Å². The molecular weight excluding hydrogens is 504 g/mol. The lowest BCUT2D eigenvalue weighted by atomic mass is 10.1. The van der Waals surface area contributed by atoms with Crippen LogP contribution < -0.4 is 4.90 Å². The van der Waals surface area contributed by atoms with Crippen molar-refractivity contribution in [2.45, 2.75) is 45.8 Å². The third-order valence-corrected chi connectivity index (χ3v) is 8.54. The maximum absolute atomic E-state index is 13.5. The highest BCUT2D eigenvalue weighted by molar-refractivity contribution is 7.19. The van der Waals surface area contributed by atoms with Crippen molar-refractivity contribution in [1.29, 1.82) is 5.26 Å². The number of carbonyl (C=O) groups is 1. The van der Waals surface area contributed by atoms with E-state index in [2.05, 4.69) is 63.7 Å². The van der Waals surface area contributed by atoms with Crippen molar-refractivity contribution in [3.05, 3.63) is 82.8 Å². The van der Waals surface area contributed by atoms with Crippen LogP contribution >= 0.6 is 11.3 Å². The first-order chi connectivity index (χ1) is 19.0. The van der Waals surface area contributed by atoms with Crippen molar-refractivity contribution in [2.75, 3.05) is 38.1 Å². The zero-order valence-corrected chi connectivity index (χ0v) is 23.7. The second kappa shape index (κ2) is 12.6. The van der Waals surface area contributed by atoms with E-state index < -0.39 is 0 Å². The van der Waals surface area contributed by atoms with E-state index in [4.69, 9.17) is 5.26 Å². The molecule has 5 rings (SSSR count). The van der Waals surface area contributed by atoms with Crippen LogP contribution in [0.25, 0.3) is 10.1 Å². The standard InChI is InChI=1S/C31H36N6OS/c1-3-4-5-31(38)37(21-28-19-33-23-36(28)20-25-8-6-24(18-32)7-9-25)27-10-11-30-26(16-27)17-29(39-30)22-35-14-12-34(2)13-15-35/h6-11,16-17,19,23H,3-5,12-15,20-22H2,1-2H3. The number of unbranched alkanes of at least 4 members (excludes halogenated alkanes) is 1. The molecule has 0 saturated carbocycles. The van der Waals surface area contributed by atoms with E-state index in [9.17, 15) is 4.79 Å². The van der Waals surface area contributed by atoms with Gasteiger partial charge in [-0.15, -0.1) is 11.3 Å². The van der Waals surface area contributed by atoms with Gasteiger partial charge < -0.3 is 14.4 Å². The van der Waals surface area contributed by atoms with Gasteiger partial charge in [-0.3, -0.25) is 9.69 Å². The van der Waals surface area contributed by atoms with E-state index in [-0.39, 0.29) is 5.91 Å². The van der Waals surface area contributed by atoms with Crippen LogP contribution in [-0.4, -0.2) is 58.5 Å². The molecule has 202 valence electrons. The number of fused-ring (bicyclic) bond motifs is 1. The van der Waals surface area contributed by atoms with Crippen molar-refractivity contribution in [3.63, 3.8) is 0 Å². The molecular formula is C31H36N6OS. The number of nitriles is 1. The predicted octanol–water partition coefficient (Wildman–Crippen LogP) is 5.49. The minimum Gasteiger partial charge on any atom is -0.328 e. The molecule has 0 spiro atoms. The summed E-state index contributed by atoms with van der Waals surface area (Å²) in [6.07, 6.45) is 6.04. The summed E-state index contributed by atoms with van der Waals surface area (Å²) in [5, 5.41) is 10.3. The van der Waals surface area contributed by atoms with Crippen molar-refractivity contribution in [2.24, 2.45) is 0 Å². The largest absolute Gasteiger partial charge is 0.328 e. The Hall–Kier alpha value is -3.51. The lowest BCUT2D eigenvalue weighted by Gasteiger charge is -2.31. The molecule has 0 N–H and O–H groups in total.